The van der Waals surface area contributed by atoms with Crippen molar-refractivity contribution in [2.24, 2.45) is 5.92 Å². The fraction of sp³-hybridized carbons (Fsp3) is 0.147. The van der Waals surface area contributed by atoms with E-state index in [1.807, 2.05) is 6.08 Å². The quantitative estimate of drug-likeness (QED) is 0.235. The van der Waals surface area contributed by atoms with Crippen LogP contribution in [0, 0.1) is 17.2 Å². The van der Waals surface area contributed by atoms with Crippen molar-refractivity contribution in [2.75, 3.05) is 0 Å². The van der Waals surface area contributed by atoms with Gasteiger partial charge in [0, 0.05) is 11.5 Å². The summed E-state index contributed by atoms with van der Waals surface area (Å²) in [4.78, 5) is 0. The molecule has 0 saturated carbocycles. The van der Waals surface area contributed by atoms with Crippen LogP contribution in [0.3, 0.4) is 0 Å². The van der Waals surface area contributed by atoms with Crippen molar-refractivity contribution in [3.63, 3.8) is 0 Å². The minimum atomic E-state index is -0.0395. The van der Waals surface area contributed by atoms with Gasteiger partial charge in [-0.2, -0.15) is 5.26 Å². The Morgan fingerprint density at radius 2 is 1.49 bits per heavy atom. The van der Waals surface area contributed by atoms with Crippen LogP contribution in [-0.2, 0) is 5.41 Å². The highest BCUT2D eigenvalue weighted by atomic mass is 14.5. The third kappa shape index (κ3) is 2.81. The van der Waals surface area contributed by atoms with Gasteiger partial charge in [-0.05, 0) is 78.0 Å². The lowest BCUT2D eigenvalue weighted by atomic mass is 9.73. The van der Waals surface area contributed by atoms with E-state index in [9.17, 15) is 5.26 Å². The molecule has 1 nitrogen and oxygen atoms in total. The molecule has 0 amide bonds. The van der Waals surface area contributed by atoms with Gasteiger partial charge in [-0.1, -0.05) is 105 Å². The van der Waals surface area contributed by atoms with Crippen molar-refractivity contribution < 1.29 is 0 Å². The lowest BCUT2D eigenvalue weighted by Crippen LogP contribution is -2.25. The van der Waals surface area contributed by atoms with Crippen molar-refractivity contribution in [1.82, 2.24) is 0 Å². The Kier molecular flexibility index (Phi) is 4.15. The lowest BCUT2D eigenvalue weighted by molar-refractivity contribution is 0.393. The standard InChI is InChI=1S/C34H25N/c1-34(2)32-17-21(20-35)11-14-28(32)29-16-13-23(18-33(29)34)30-19-31-24-8-4-3-7-22(24)12-15-27(31)25-9-5-6-10-26(25)30/h3-19,28,32H,1-2H3. The van der Waals surface area contributed by atoms with Crippen molar-refractivity contribution in [3.8, 4) is 17.2 Å². The molecule has 0 saturated heterocycles. The molecule has 0 aromatic heterocycles. The first-order valence-corrected chi connectivity index (χ1v) is 12.3. The average Bonchev–Trinajstić information content (AvgIpc) is 3.13. The molecule has 0 fully saturated rings. The van der Waals surface area contributed by atoms with Gasteiger partial charge in [0.25, 0.3) is 0 Å². The van der Waals surface area contributed by atoms with Crippen LogP contribution >= 0.6 is 0 Å². The maximum atomic E-state index is 9.48. The molecule has 0 spiro atoms. The van der Waals surface area contributed by atoms with Gasteiger partial charge in [0.2, 0.25) is 0 Å². The maximum Gasteiger partial charge on any atom is 0.0988 e. The molecule has 35 heavy (non-hydrogen) atoms. The van der Waals surface area contributed by atoms with Crippen LogP contribution in [0.1, 0.15) is 30.9 Å². The third-order valence-electron chi connectivity index (χ3n) is 8.38. The Morgan fingerprint density at radius 3 is 2.31 bits per heavy atom. The monoisotopic (exact) mass is 447 g/mol. The molecule has 5 aromatic carbocycles. The molecule has 0 radical (unpaired) electrons. The first-order chi connectivity index (χ1) is 17.1. The Hall–Kier alpha value is -4.15. The van der Waals surface area contributed by atoms with Gasteiger partial charge < -0.3 is 0 Å². The molecular weight excluding hydrogens is 422 g/mol. The van der Waals surface area contributed by atoms with E-state index in [-0.39, 0.29) is 5.41 Å². The lowest BCUT2D eigenvalue weighted by Gasteiger charge is -2.30. The summed E-state index contributed by atoms with van der Waals surface area (Å²) in [7, 11) is 0. The van der Waals surface area contributed by atoms with E-state index >= 15 is 0 Å². The first kappa shape index (κ1) is 20.2. The number of nitrogens with zero attached hydrogens (tertiary/aromatic N) is 1. The summed E-state index contributed by atoms with van der Waals surface area (Å²) in [5.74, 6) is 0.646. The minimum Gasteiger partial charge on any atom is -0.192 e. The topological polar surface area (TPSA) is 23.8 Å². The molecule has 0 heterocycles. The number of nitriles is 1. The van der Waals surface area contributed by atoms with Crippen molar-refractivity contribution in [2.45, 2.75) is 25.2 Å². The normalized spacial score (nSPS) is 20.0. The Bertz CT molecular complexity index is 1790. The average molecular weight is 448 g/mol. The second-order valence-electron chi connectivity index (χ2n) is 10.5. The molecule has 0 N–H and O–H groups in total. The third-order valence-corrected chi connectivity index (χ3v) is 8.38. The van der Waals surface area contributed by atoms with Gasteiger partial charge >= 0.3 is 0 Å². The SMILES string of the molecule is CC1(C)c2cc(-c3cc4c5ccccc5ccc4c4ccccc34)ccc2C2C=CC(C#N)=CC21. The van der Waals surface area contributed by atoms with Gasteiger partial charge in [0.1, 0.15) is 0 Å². The van der Waals surface area contributed by atoms with Gasteiger partial charge in [-0.15, -0.1) is 0 Å². The molecule has 1 heteroatoms. The van der Waals surface area contributed by atoms with E-state index in [1.165, 1.54) is 54.6 Å². The van der Waals surface area contributed by atoms with Crippen molar-refractivity contribution >= 4 is 32.3 Å². The van der Waals surface area contributed by atoms with Gasteiger partial charge in [0.05, 0.1) is 6.07 Å². The van der Waals surface area contributed by atoms with Crippen LogP contribution in [0.25, 0.3) is 43.4 Å². The predicted octanol–water partition coefficient (Wildman–Crippen LogP) is 8.82. The second kappa shape index (κ2) is 7.17. The summed E-state index contributed by atoms with van der Waals surface area (Å²) in [6, 6.07) is 33.7. The second-order valence-corrected chi connectivity index (χ2v) is 10.5. The molecule has 2 unspecified atom stereocenters. The van der Waals surface area contributed by atoms with E-state index in [4.69, 9.17) is 0 Å². The molecule has 0 aliphatic heterocycles. The fourth-order valence-electron chi connectivity index (χ4n) is 6.56. The van der Waals surface area contributed by atoms with Crippen LogP contribution < -0.4 is 0 Å². The summed E-state index contributed by atoms with van der Waals surface area (Å²) < 4.78 is 0. The van der Waals surface area contributed by atoms with Crippen molar-refractivity contribution in [3.05, 3.63) is 120 Å². The highest BCUT2D eigenvalue weighted by Crippen LogP contribution is 2.54. The van der Waals surface area contributed by atoms with E-state index in [0.717, 1.165) is 5.57 Å². The van der Waals surface area contributed by atoms with E-state index in [0.29, 0.717) is 11.8 Å². The highest BCUT2D eigenvalue weighted by molar-refractivity contribution is 6.20. The number of hydrogen-bond acceptors (Lipinski definition) is 1. The summed E-state index contributed by atoms with van der Waals surface area (Å²) in [6.07, 6.45) is 6.40. The molecule has 166 valence electrons. The molecule has 7 rings (SSSR count). The van der Waals surface area contributed by atoms with Crippen LogP contribution in [0.2, 0.25) is 0 Å². The first-order valence-electron chi connectivity index (χ1n) is 12.3. The zero-order valence-corrected chi connectivity index (χ0v) is 19.9. The summed E-state index contributed by atoms with van der Waals surface area (Å²) in [6.45, 7) is 4.66. The van der Waals surface area contributed by atoms with Crippen LogP contribution in [0.15, 0.2) is 109 Å². The van der Waals surface area contributed by atoms with E-state index in [1.54, 1.807) is 0 Å². The molecular formula is C34H25N. The zero-order chi connectivity index (χ0) is 23.7. The summed E-state index contributed by atoms with van der Waals surface area (Å²) >= 11 is 0. The molecule has 2 aliphatic rings. The predicted molar refractivity (Wildman–Crippen MR) is 146 cm³/mol. The zero-order valence-electron chi connectivity index (χ0n) is 19.9. The fourth-order valence-corrected chi connectivity index (χ4v) is 6.56. The van der Waals surface area contributed by atoms with Gasteiger partial charge in [0.15, 0.2) is 0 Å². The number of hydrogen-bond donors (Lipinski definition) is 0. The maximum absolute atomic E-state index is 9.48. The summed E-state index contributed by atoms with van der Waals surface area (Å²) in [5.41, 5.74) is 6.06. The molecule has 2 atom stereocenters. The summed E-state index contributed by atoms with van der Waals surface area (Å²) in [5, 5.41) is 17.2. The molecule has 5 aromatic rings. The Labute approximate surface area is 205 Å². The number of allylic oxidation sites excluding steroid dienone is 4. The number of rotatable bonds is 1. The van der Waals surface area contributed by atoms with E-state index in [2.05, 4.69) is 117 Å². The minimum absolute atomic E-state index is 0.0395. The van der Waals surface area contributed by atoms with Crippen LogP contribution in [-0.4, -0.2) is 0 Å². The smallest absolute Gasteiger partial charge is 0.0988 e. The number of fused-ring (bicyclic) bond motifs is 8. The molecule has 0 bridgehead atoms. The largest absolute Gasteiger partial charge is 0.192 e. The Balaban J connectivity index is 1.50. The van der Waals surface area contributed by atoms with Gasteiger partial charge in [-0.25, -0.2) is 0 Å². The molecule has 2 aliphatic carbocycles. The Morgan fingerprint density at radius 1 is 0.743 bits per heavy atom. The number of benzene rings is 5. The van der Waals surface area contributed by atoms with E-state index < -0.39 is 0 Å². The van der Waals surface area contributed by atoms with Gasteiger partial charge in [-0.3, -0.25) is 0 Å². The highest BCUT2D eigenvalue weighted by Gasteiger charge is 2.45. The van der Waals surface area contributed by atoms with Crippen LogP contribution in [0.5, 0.6) is 0 Å². The van der Waals surface area contributed by atoms with Crippen LogP contribution in [0.4, 0.5) is 0 Å². The van der Waals surface area contributed by atoms with Crippen molar-refractivity contribution in [1.29, 1.82) is 5.26 Å².